The lowest BCUT2D eigenvalue weighted by atomic mass is 10.1. The van der Waals surface area contributed by atoms with Gasteiger partial charge in [-0.2, -0.15) is 0 Å². The predicted octanol–water partition coefficient (Wildman–Crippen LogP) is 0.231. The third-order valence-electron chi connectivity index (χ3n) is 3.09. The fraction of sp³-hybridized carbons (Fsp3) is 0.417. The first kappa shape index (κ1) is 13.3. The Kier molecular flexibility index (Phi) is 3.66. The van der Waals surface area contributed by atoms with Crippen molar-refractivity contribution < 1.29 is 18.8 Å². The number of nitrogen functional groups attached to an aromatic ring is 1. The van der Waals surface area contributed by atoms with Crippen LogP contribution >= 0.6 is 0 Å². The standard InChI is InChI=1S/C12H15N3O4/c1-7-8(5-9(19-7)12(18)14-13)6-15-10(16)3-2-4-11(15)17/h5H,2-4,6,13H2,1H3,(H,14,18). The van der Waals surface area contributed by atoms with Crippen molar-refractivity contribution in [2.24, 2.45) is 5.84 Å². The van der Waals surface area contributed by atoms with Crippen molar-refractivity contribution in [1.29, 1.82) is 0 Å². The van der Waals surface area contributed by atoms with Gasteiger partial charge in [-0.25, -0.2) is 5.84 Å². The molecule has 1 fully saturated rings. The molecule has 0 saturated carbocycles. The smallest absolute Gasteiger partial charge is 0.300 e. The number of piperidine rings is 1. The monoisotopic (exact) mass is 265 g/mol. The molecular weight excluding hydrogens is 250 g/mol. The molecule has 1 aliphatic heterocycles. The first-order chi connectivity index (χ1) is 9.02. The molecule has 0 radical (unpaired) electrons. The van der Waals surface area contributed by atoms with Crippen LogP contribution in [0.5, 0.6) is 0 Å². The summed E-state index contributed by atoms with van der Waals surface area (Å²) >= 11 is 0. The Morgan fingerprint density at radius 2 is 2.05 bits per heavy atom. The maximum atomic E-state index is 11.7. The number of imide groups is 1. The molecule has 0 aromatic carbocycles. The lowest BCUT2D eigenvalue weighted by Gasteiger charge is -2.24. The SMILES string of the molecule is Cc1oc(C(=O)NN)cc1CN1C(=O)CCCC1=O. The number of rotatable bonds is 3. The minimum Gasteiger partial charge on any atom is -0.456 e. The minimum atomic E-state index is -0.550. The van der Waals surface area contributed by atoms with E-state index >= 15 is 0 Å². The number of carbonyl (C=O) groups excluding carboxylic acids is 3. The number of hydrogen-bond donors (Lipinski definition) is 2. The van der Waals surface area contributed by atoms with Gasteiger partial charge in [0, 0.05) is 18.4 Å². The third kappa shape index (κ3) is 2.65. The topological polar surface area (TPSA) is 106 Å². The molecule has 2 heterocycles. The number of hydrazine groups is 1. The average molecular weight is 265 g/mol. The maximum absolute atomic E-state index is 11.7. The summed E-state index contributed by atoms with van der Waals surface area (Å²) in [6.45, 7) is 1.80. The van der Waals surface area contributed by atoms with E-state index in [-0.39, 0.29) is 24.1 Å². The van der Waals surface area contributed by atoms with E-state index in [0.717, 1.165) is 0 Å². The molecule has 0 atom stereocenters. The van der Waals surface area contributed by atoms with Crippen LogP contribution < -0.4 is 11.3 Å². The van der Waals surface area contributed by atoms with Crippen LogP contribution in [0.4, 0.5) is 0 Å². The number of nitrogens with two attached hydrogens (primary N) is 1. The van der Waals surface area contributed by atoms with Crippen molar-refractivity contribution in [1.82, 2.24) is 10.3 Å². The number of nitrogens with one attached hydrogen (secondary N) is 1. The highest BCUT2D eigenvalue weighted by Crippen LogP contribution is 2.20. The van der Waals surface area contributed by atoms with E-state index in [9.17, 15) is 14.4 Å². The highest BCUT2D eigenvalue weighted by atomic mass is 16.4. The van der Waals surface area contributed by atoms with Gasteiger partial charge in [0.15, 0.2) is 5.76 Å². The molecule has 1 saturated heterocycles. The Morgan fingerprint density at radius 3 is 2.63 bits per heavy atom. The largest absolute Gasteiger partial charge is 0.456 e. The molecule has 0 aliphatic carbocycles. The molecule has 3 amide bonds. The fourth-order valence-corrected chi connectivity index (χ4v) is 2.01. The van der Waals surface area contributed by atoms with Crippen LogP contribution in [0, 0.1) is 6.92 Å². The molecule has 1 aromatic heterocycles. The number of furan rings is 1. The Labute approximate surface area is 109 Å². The first-order valence-corrected chi connectivity index (χ1v) is 5.96. The van der Waals surface area contributed by atoms with Gasteiger partial charge in [-0.05, 0) is 19.4 Å². The van der Waals surface area contributed by atoms with Crippen molar-refractivity contribution in [2.45, 2.75) is 32.7 Å². The van der Waals surface area contributed by atoms with Gasteiger partial charge in [0.25, 0.3) is 0 Å². The zero-order valence-corrected chi connectivity index (χ0v) is 10.6. The highest BCUT2D eigenvalue weighted by Gasteiger charge is 2.27. The predicted molar refractivity (Wildman–Crippen MR) is 64.5 cm³/mol. The van der Waals surface area contributed by atoms with Crippen LogP contribution in [0.3, 0.4) is 0 Å². The molecule has 2 rings (SSSR count). The van der Waals surface area contributed by atoms with Crippen LogP contribution in [0.1, 0.15) is 41.1 Å². The first-order valence-electron chi connectivity index (χ1n) is 5.96. The molecule has 1 aliphatic rings. The van der Waals surface area contributed by atoms with E-state index in [1.165, 1.54) is 11.0 Å². The molecule has 3 N–H and O–H groups in total. The second-order valence-electron chi connectivity index (χ2n) is 4.39. The summed E-state index contributed by atoms with van der Waals surface area (Å²) in [7, 11) is 0. The molecule has 0 bridgehead atoms. The summed E-state index contributed by atoms with van der Waals surface area (Å²) in [5, 5.41) is 0. The lowest BCUT2D eigenvalue weighted by molar-refractivity contribution is -0.148. The summed E-state index contributed by atoms with van der Waals surface area (Å²) in [6, 6.07) is 1.49. The second kappa shape index (κ2) is 5.23. The van der Waals surface area contributed by atoms with Crippen LogP contribution in [0.2, 0.25) is 0 Å². The van der Waals surface area contributed by atoms with E-state index in [0.29, 0.717) is 30.6 Å². The minimum absolute atomic E-state index is 0.0620. The molecule has 7 nitrogen and oxygen atoms in total. The Morgan fingerprint density at radius 1 is 1.42 bits per heavy atom. The summed E-state index contributed by atoms with van der Waals surface area (Å²) in [5.41, 5.74) is 2.59. The van der Waals surface area contributed by atoms with Crippen molar-refractivity contribution in [2.75, 3.05) is 0 Å². The second-order valence-corrected chi connectivity index (χ2v) is 4.39. The number of amides is 3. The van der Waals surface area contributed by atoms with Gasteiger partial charge in [-0.15, -0.1) is 0 Å². The summed E-state index contributed by atoms with van der Waals surface area (Å²) in [6.07, 6.45) is 1.34. The number of carbonyl (C=O) groups is 3. The molecule has 102 valence electrons. The van der Waals surface area contributed by atoms with Gasteiger partial charge < -0.3 is 4.42 Å². The molecule has 0 spiro atoms. The zero-order valence-electron chi connectivity index (χ0n) is 10.6. The van der Waals surface area contributed by atoms with E-state index in [1.54, 1.807) is 6.92 Å². The lowest BCUT2D eigenvalue weighted by Crippen LogP contribution is -2.39. The van der Waals surface area contributed by atoms with Crippen molar-refractivity contribution in [3.63, 3.8) is 0 Å². The van der Waals surface area contributed by atoms with Crippen LogP contribution in [0.25, 0.3) is 0 Å². The van der Waals surface area contributed by atoms with Gasteiger partial charge >= 0.3 is 5.91 Å². The summed E-state index contributed by atoms with van der Waals surface area (Å²) in [4.78, 5) is 35.9. The maximum Gasteiger partial charge on any atom is 0.300 e. The molecule has 7 heteroatoms. The Balaban J connectivity index is 2.18. The Hall–Kier alpha value is -2.15. The van der Waals surface area contributed by atoms with Crippen LogP contribution in [-0.2, 0) is 16.1 Å². The van der Waals surface area contributed by atoms with Crippen molar-refractivity contribution in [3.8, 4) is 0 Å². The molecule has 1 aromatic rings. The summed E-state index contributed by atoms with van der Waals surface area (Å²) in [5.74, 6) is 4.63. The molecule has 0 unspecified atom stereocenters. The number of hydrogen-bond acceptors (Lipinski definition) is 5. The number of likely N-dealkylation sites (tertiary alicyclic amines) is 1. The number of nitrogens with zero attached hydrogens (tertiary/aromatic N) is 1. The number of aryl methyl sites for hydroxylation is 1. The highest BCUT2D eigenvalue weighted by molar-refractivity contribution is 5.97. The van der Waals surface area contributed by atoms with Gasteiger partial charge in [0.2, 0.25) is 11.8 Å². The summed E-state index contributed by atoms with van der Waals surface area (Å²) < 4.78 is 5.24. The zero-order chi connectivity index (χ0) is 14.0. The van der Waals surface area contributed by atoms with Crippen molar-refractivity contribution >= 4 is 17.7 Å². The van der Waals surface area contributed by atoms with E-state index in [4.69, 9.17) is 10.3 Å². The van der Waals surface area contributed by atoms with E-state index in [1.807, 2.05) is 5.43 Å². The Bertz CT molecular complexity index is 519. The van der Waals surface area contributed by atoms with E-state index in [2.05, 4.69) is 0 Å². The van der Waals surface area contributed by atoms with Crippen LogP contribution in [0.15, 0.2) is 10.5 Å². The van der Waals surface area contributed by atoms with Crippen LogP contribution in [-0.4, -0.2) is 22.6 Å². The quantitative estimate of drug-likeness (QED) is 0.352. The normalized spacial score (nSPS) is 15.8. The molecule has 19 heavy (non-hydrogen) atoms. The third-order valence-corrected chi connectivity index (χ3v) is 3.09. The van der Waals surface area contributed by atoms with E-state index < -0.39 is 5.91 Å². The van der Waals surface area contributed by atoms with Gasteiger partial charge in [-0.3, -0.25) is 24.7 Å². The van der Waals surface area contributed by atoms with Gasteiger partial charge in [0.1, 0.15) is 5.76 Å². The fourth-order valence-electron chi connectivity index (χ4n) is 2.01. The molecular formula is C12H15N3O4. The van der Waals surface area contributed by atoms with Crippen molar-refractivity contribution in [3.05, 3.63) is 23.2 Å². The van der Waals surface area contributed by atoms with Gasteiger partial charge in [-0.1, -0.05) is 0 Å². The average Bonchev–Trinajstić information content (AvgIpc) is 2.74. The van der Waals surface area contributed by atoms with Gasteiger partial charge in [0.05, 0.1) is 6.54 Å².